The van der Waals surface area contributed by atoms with Crippen molar-refractivity contribution in [2.75, 3.05) is 5.32 Å². The molecule has 0 unspecified atom stereocenters. The fraction of sp³-hybridized carbons (Fsp3) is 0. The highest BCUT2D eigenvalue weighted by atomic mass is 32.2. The SMILES string of the molecule is O=P(O)(O)c1ccc(Nc2ccc3cc(S(=O)(=O)O)cc(O)c3c2)cc1. The first-order valence-corrected chi connectivity index (χ1v) is 10.3. The van der Waals surface area contributed by atoms with E-state index in [1.165, 1.54) is 30.3 Å². The Kier molecular flexibility index (Phi) is 4.51. The van der Waals surface area contributed by atoms with Gasteiger partial charge in [-0.1, -0.05) is 6.07 Å². The lowest BCUT2D eigenvalue weighted by Gasteiger charge is -2.10. The fourth-order valence-electron chi connectivity index (χ4n) is 2.44. The Balaban J connectivity index is 1.94. The fourth-order valence-corrected chi connectivity index (χ4v) is 3.52. The van der Waals surface area contributed by atoms with Gasteiger partial charge < -0.3 is 20.2 Å². The molecule has 3 rings (SSSR count). The molecule has 0 heterocycles. The number of hydrogen-bond acceptors (Lipinski definition) is 5. The minimum absolute atomic E-state index is 0.100. The zero-order chi connectivity index (χ0) is 19.1. The molecule has 0 bridgehead atoms. The minimum atomic E-state index is -4.43. The third kappa shape index (κ3) is 3.87. The molecule has 0 spiro atoms. The molecular weight excluding hydrogens is 381 g/mol. The van der Waals surface area contributed by atoms with Crippen LogP contribution in [0, 0.1) is 0 Å². The normalized spacial score (nSPS) is 12.3. The van der Waals surface area contributed by atoms with E-state index >= 15 is 0 Å². The van der Waals surface area contributed by atoms with Gasteiger partial charge in [0.1, 0.15) is 5.75 Å². The summed E-state index contributed by atoms with van der Waals surface area (Å²) in [4.78, 5) is 17.8. The summed E-state index contributed by atoms with van der Waals surface area (Å²) in [5.41, 5.74) is 1.13. The van der Waals surface area contributed by atoms with Gasteiger partial charge in [-0.05, 0) is 47.9 Å². The third-order valence-corrected chi connectivity index (χ3v) is 5.50. The van der Waals surface area contributed by atoms with E-state index in [-0.39, 0.29) is 11.1 Å². The summed E-state index contributed by atoms with van der Waals surface area (Å²) < 4.78 is 42.7. The predicted molar refractivity (Wildman–Crippen MR) is 96.8 cm³/mol. The third-order valence-electron chi connectivity index (χ3n) is 3.70. The average molecular weight is 395 g/mol. The van der Waals surface area contributed by atoms with Gasteiger partial charge in [0, 0.05) is 22.8 Å². The van der Waals surface area contributed by atoms with Gasteiger partial charge in [-0.15, -0.1) is 0 Å². The summed E-state index contributed by atoms with van der Waals surface area (Å²) >= 11 is 0. The number of fused-ring (bicyclic) bond motifs is 1. The summed E-state index contributed by atoms with van der Waals surface area (Å²) in [7, 11) is -8.74. The van der Waals surface area contributed by atoms with Crippen LogP contribution in [0.2, 0.25) is 0 Å². The van der Waals surface area contributed by atoms with Crippen molar-refractivity contribution in [2.24, 2.45) is 0 Å². The van der Waals surface area contributed by atoms with E-state index in [1.807, 2.05) is 0 Å². The number of phenols is 1. The summed E-state index contributed by atoms with van der Waals surface area (Å²) in [6, 6.07) is 12.6. The van der Waals surface area contributed by atoms with Crippen LogP contribution in [0.3, 0.4) is 0 Å². The van der Waals surface area contributed by atoms with Crippen LogP contribution in [0.5, 0.6) is 5.75 Å². The van der Waals surface area contributed by atoms with Crippen molar-refractivity contribution in [1.82, 2.24) is 0 Å². The summed E-state index contributed by atoms with van der Waals surface area (Å²) in [5.74, 6) is -0.310. The van der Waals surface area contributed by atoms with E-state index < -0.39 is 22.6 Å². The van der Waals surface area contributed by atoms with Crippen molar-refractivity contribution >= 4 is 45.2 Å². The zero-order valence-electron chi connectivity index (χ0n) is 13.1. The molecule has 10 heteroatoms. The van der Waals surface area contributed by atoms with E-state index in [2.05, 4.69) is 5.32 Å². The number of anilines is 2. The number of nitrogens with one attached hydrogen (secondary N) is 1. The molecule has 5 N–H and O–H groups in total. The topological polar surface area (TPSA) is 144 Å². The first-order chi connectivity index (χ1) is 12.0. The van der Waals surface area contributed by atoms with Gasteiger partial charge in [0.2, 0.25) is 0 Å². The van der Waals surface area contributed by atoms with E-state index in [9.17, 15) is 18.1 Å². The summed E-state index contributed by atoms with van der Waals surface area (Å²) in [6.07, 6.45) is 0. The van der Waals surface area contributed by atoms with E-state index in [0.717, 1.165) is 6.07 Å². The Bertz CT molecular complexity index is 1140. The lowest BCUT2D eigenvalue weighted by Crippen LogP contribution is -2.03. The van der Waals surface area contributed by atoms with Gasteiger partial charge in [-0.25, -0.2) is 0 Å². The van der Waals surface area contributed by atoms with Crippen molar-refractivity contribution in [1.29, 1.82) is 0 Å². The number of phenolic OH excluding ortho intramolecular Hbond substituents is 1. The molecule has 0 saturated heterocycles. The maximum Gasteiger partial charge on any atom is 0.356 e. The molecule has 0 amide bonds. The largest absolute Gasteiger partial charge is 0.507 e. The van der Waals surface area contributed by atoms with Crippen molar-refractivity contribution in [3.63, 3.8) is 0 Å². The maximum absolute atomic E-state index is 11.2. The van der Waals surface area contributed by atoms with Crippen LogP contribution in [0.4, 0.5) is 11.4 Å². The molecule has 8 nitrogen and oxygen atoms in total. The quantitative estimate of drug-likeness (QED) is 0.334. The number of hydrogen-bond donors (Lipinski definition) is 5. The number of benzene rings is 3. The highest BCUT2D eigenvalue weighted by Crippen LogP contribution is 2.34. The molecule has 0 saturated carbocycles. The van der Waals surface area contributed by atoms with Crippen LogP contribution in [0.15, 0.2) is 59.5 Å². The van der Waals surface area contributed by atoms with Gasteiger partial charge in [0.05, 0.1) is 10.2 Å². The predicted octanol–water partition coefficient (Wildman–Crippen LogP) is 2.34. The maximum atomic E-state index is 11.2. The first-order valence-electron chi connectivity index (χ1n) is 7.21. The highest BCUT2D eigenvalue weighted by molar-refractivity contribution is 7.85. The van der Waals surface area contributed by atoms with Crippen LogP contribution >= 0.6 is 7.60 Å². The average Bonchev–Trinajstić information content (AvgIpc) is 2.54. The second-order valence-corrected chi connectivity index (χ2v) is 8.60. The molecule has 0 aliphatic heterocycles. The lowest BCUT2D eigenvalue weighted by atomic mass is 10.1. The first kappa shape index (κ1) is 18.4. The molecule has 0 aliphatic rings. The van der Waals surface area contributed by atoms with Crippen molar-refractivity contribution in [2.45, 2.75) is 4.90 Å². The summed E-state index contributed by atoms with van der Waals surface area (Å²) in [5, 5.41) is 13.7. The lowest BCUT2D eigenvalue weighted by molar-refractivity contribution is 0.387. The summed E-state index contributed by atoms with van der Waals surface area (Å²) in [6.45, 7) is 0. The second-order valence-electron chi connectivity index (χ2n) is 5.57. The number of aromatic hydroxyl groups is 1. The van der Waals surface area contributed by atoms with Gasteiger partial charge >= 0.3 is 7.60 Å². The molecule has 3 aromatic carbocycles. The van der Waals surface area contributed by atoms with Gasteiger partial charge in [-0.2, -0.15) is 8.42 Å². The Morgan fingerprint density at radius 3 is 2.08 bits per heavy atom. The molecule has 0 aromatic heterocycles. The minimum Gasteiger partial charge on any atom is -0.507 e. The van der Waals surface area contributed by atoms with Crippen LogP contribution in [0.25, 0.3) is 10.8 Å². The van der Waals surface area contributed by atoms with Gasteiger partial charge in [0.25, 0.3) is 10.1 Å². The van der Waals surface area contributed by atoms with Crippen LogP contribution in [-0.2, 0) is 14.7 Å². The van der Waals surface area contributed by atoms with Gasteiger partial charge in [0.15, 0.2) is 0 Å². The molecule has 26 heavy (non-hydrogen) atoms. The van der Waals surface area contributed by atoms with Crippen molar-refractivity contribution in [3.8, 4) is 5.75 Å². The molecule has 0 aliphatic carbocycles. The highest BCUT2D eigenvalue weighted by Gasteiger charge is 2.16. The Morgan fingerprint density at radius 2 is 1.50 bits per heavy atom. The van der Waals surface area contributed by atoms with Crippen LogP contribution in [0.1, 0.15) is 0 Å². The van der Waals surface area contributed by atoms with Crippen molar-refractivity contribution in [3.05, 3.63) is 54.6 Å². The van der Waals surface area contributed by atoms with E-state index in [1.54, 1.807) is 18.2 Å². The standard InChI is InChI=1S/C16H14NO7PS/c18-16-9-14(26(22,23)24)7-10-1-2-12(8-15(10)16)17-11-3-5-13(6-4-11)25(19,20)21/h1-9,17-18H,(H2,19,20,21)(H,22,23,24). The molecule has 0 fully saturated rings. The molecule has 0 radical (unpaired) electrons. The molecular formula is C16H14NO7PS. The van der Waals surface area contributed by atoms with Crippen molar-refractivity contribution < 1.29 is 32.4 Å². The van der Waals surface area contributed by atoms with E-state index in [4.69, 9.17) is 14.3 Å². The van der Waals surface area contributed by atoms with Crippen LogP contribution in [-0.4, -0.2) is 27.9 Å². The van der Waals surface area contributed by atoms with Gasteiger partial charge in [-0.3, -0.25) is 9.12 Å². The molecule has 0 atom stereocenters. The monoisotopic (exact) mass is 395 g/mol. The Morgan fingerprint density at radius 1 is 0.885 bits per heavy atom. The Labute approximate surface area is 148 Å². The smallest absolute Gasteiger partial charge is 0.356 e. The second kappa shape index (κ2) is 6.39. The molecule has 3 aromatic rings. The van der Waals surface area contributed by atoms with Crippen LogP contribution < -0.4 is 10.6 Å². The zero-order valence-corrected chi connectivity index (χ0v) is 14.8. The number of rotatable bonds is 4. The molecule has 136 valence electrons. The van der Waals surface area contributed by atoms with E-state index in [0.29, 0.717) is 22.1 Å². The Hall–Kier alpha value is -2.42.